The van der Waals surface area contributed by atoms with E-state index in [2.05, 4.69) is 15.3 Å². The van der Waals surface area contributed by atoms with E-state index >= 15 is 0 Å². The molecule has 7 heteroatoms. The number of hydrogen-bond acceptors (Lipinski definition) is 4. The molecule has 19 heavy (non-hydrogen) atoms. The number of nitrogens with zero attached hydrogens (tertiary/aromatic N) is 2. The lowest BCUT2D eigenvalue weighted by Gasteiger charge is -2.08. The summed E-state index contributed by atoms with van der Waals surface area (Å²) in [7, 11) is 0. The fourth-order valence-electron chi connectivity index (χ4n) is 1.51. The average Bonchev–Trinajstić information content (AvgIpc) is 2.31. The summed E-state index contributed by atoms with van der Waals surface area (Å²) >= 11 is 11.3. The smallest absolute Gasteiger partial charge is 0.257 e. The molecule has 0 saturated carbocycles. The molecule has 2 N–H and O–H groups in total. The second-order valence-corrected chi connectivity index (χ2v) is 4.47. The predicted molar refractivity (Wildman–Crippen MR) is 72.8 cm³/mol. The van der Waals surface area contributed by atoms with Gasteiger partial charge in [0.2, 0.25) is 5.28 Å². The summed E-state index contributed by atoms with van der Waals surface area (Å²) in [5, 5.41) is 12.2. The number of hydrogen-bond donors (Lipinski definition) is 2. The van der Waals surface area contributed by atoms with E-state index < -0.39 is 5.91 Å². The van der Waals surface area contributed by atoms with Crippen LogP contribution in [0.2, 0.25) is 10.4 Å². The fraction of sp³-hybridized carbons (Fsp3) is 0.0833. The summed E-state index contributed by atoms with van der Waals surface area (Å²) in [5.41, 5.74) is 0.817. The minimum Gasteiger partial charge on any atom is -0.508 e. The van der Waals surface area contributed by atoms with Gasteiger partial charge in [-0.3, -0.25) is 4.79 Å². The van der Waals surface area contributed by atoms with Crippen LogP contribution in [0, 0.1) is 6.92 Å². The van der Waals surface area contributed by atoms with E-state index in [-0.39, 0.29) is 22.0 Å². The summed E-state index contributed by atoms with van der Waals surface area (Å²) in [6, 6.07) is 6.06. The first-order chi connectivity index (χ1) is 8.97. The Bertz CT molecular complexity index is 627. The highest BCUT2D eigenvalue weighted by Crippen LogP contribution is 2.21. The first-order valence-corrected chi connectivity index (χ1v) is 6.03. The van der Waals surface area contributed by atoms with Crippen molar-refractivity contribution in [2.75, 3.05) is 5.32 Å². The van der Waals surface area contributed by atoms with Gasteiger partial charge in [-0.2, -0.15) is 0 Å². The molecule has 98 valence electrons. The average molecular weight is 298 g/mol. The van der Waals surface area contributed by atoms with Crippen molar-refractivity contribution in [3.05, 3.63) is 45.8 Å². The lowest BCUT2D eigenvalue weighted by atomic mass is 10.1. The zero-order chi connectivity index (χ0) is 14.0. The Morgan fingerprint density at radius 1 is 1.32 bits per heavy atom. The van der Waals surface area contributed by atoms with Crippen LogP contribution in [0.5, 0.6) is 5.75 Å². The predicted octanol–water partition coefficient (Wildman–Crippen LogP) is 3.05. The van der Waals surface area contributed by atoms with Gasteiger partial charge in [0.15, 0.2) is 0 Å². The Hall–Kier alpha value is -1.85. The Balaban J connectivity index is 2.28. The van der Waals surface area contributed by atoms with E-state index in [1.807, 2.05) is 0 Å². The van der Waals surface area contributed by atoms with Gasteiger partial charge < -0.3 is 10.4 Å². The number of anilines is 1. The molecule has 1 aromatic carbocycles. The summed E-state index contributed by atoms with van der Waals surface area (Å²) in [6.07, 6.45) is 0. The standard InChI is InChI=1S/C12H9Cl2N3O2/c1-6-7(3-2-4-8(6)18)11(19)16-10-5-9(13)15-12(14)17-10/h2-5,18H,1H3,(H,15,16,17,19). The van der Waals surface area contributed by atoms with Gasteiger partial charge in [-0.1, -0.05) is 17.7 Å². The molecule has 0 aliphatic heterocycles. The van der Waals surface area contributed by atoms with Crippen molar-refractivity contribution in [3.8, 4) is 5.75 Å². The zero-order valence-electron chi connectivity index (χ0n) is 9.82. The maximum absolute atomic E-state index is 12.0. The quantitative estimate of drug-likeness (QED) is 0.660. The molecule has 1 amide bonds. The van der Waals surface area contributed by atoms with Gasteiger partial charge >= 0.3 is 0 Å². The van der Waals surface area contributed by atoms with E-state index in [0.717, 1.165) is 0 Å². The van der Waals surface area contributed by atoms with Gasteiger partial charge in [-0.05, 0) is 30.7 Å². The second kappa shape index (κ2) is 5.42. The molecule has 2 aromatic rings. The second-order valence-electron chi connectivity index (χ2n) is 3.75. The largest absolute Gasteiger partial charge is 0.508 e. The molecular weight excluding hydrogens is 289 g/mol. The molecule has 0 radical (unpaired) electrons. The molecule has 0 unspecified atom stereocenters. The molecule has 0 aliphatic carbocycles. The number of rotatable bonds is 2. The molecule has 0 saturated heterocycles. The molecule has 5 nitrogen and oxygen atoms in total. The van der Waals surface area contributed by atoms with Crippen LogP contribution in [0.1, 0.15) is 15.9 Å². The molecule has 0 spiro atoms. The van der Waals surface area contributed by atoms with Gasteiger partial charge in [0.05, 0.1) is 0 Å². The van der Waals surface area contributed by atoms with Gasteiger partial charge in [0, 0.05) is 17.2 Å². The number of benzene rings is 1. The first kappa shape index (κ1) is 13.6. The molecule has 1 heterocycles. The Labute approximate surface area is 119 Å². The van der Waals surface area contributed by atoms with E-state index in [1.54, 1.807) is 19.1 Å². The monoisotopic (exact) mass is 297 g/mol. The Kier molecular flexibility index (Phi) is 3.87. The van der Waals surface area contributed by atoms with Gasteiger partial charge in [-0.25, -0.2) is 9.97 Å². The molecule has 1 aromatic heterocycles. The third-order valence-corrected chi connectivity index (χ3v) is 2.82. The van der Waals surface area contributed by atoms with E-state index in [1.165, 1.54) is 12.1 Å². The maximum Gasteiger partial charge on any atom is 0.257 e. The fourth-order valence-corrected chi connectivity index (χ4v) is 1.92. The number of nitrogens with one attached hydrogen (secondary N) is 1. The van der Waals surface area contributed by atoms with Crippen LogP contribution in [0.25, 0.3) is 0 Å². The van der Waals surface area contributed by atoms with Crippen LogP contribution in [0.15, 0.2) is 24.3 Å². The lowest BCUT2D eigenvalue weighted by Crippen LogP contribution is -2.14. The highest BCUT2D eigenvalue weighted by molar-refractivity contribution is 6.32. The number of phenols is 1. The minimum absolute atomic E-state index is 0.0476. The van der Waals surface area contributed by atoms with Crippen LogP contribution in [0.3, 0.4) is 0 Å². The first-order valence-electron chi connectivity index (χ1n) is 5.27. The van der Waals surface area contributed by atoms with Gasteiger partial charge in [-0.15, -0.1) is 0 Å². The van der Waals surface area contributed by atoms with Crippen LogP contribution in [0.4, 0.5) is 5.82 Å². The van der Waals surface area contributed by atoms with Crippen molar-refractivity contribution in [1.29, 1.82) is 0 Å². The van der Waals surface area contributed by atoms with Crippen LogP contribution in [-0.4, -0.2) is 21.0 Å². The molecule has 0 aliphatic rings. The van der Waals surface area contributed by atoms with E-state index in [4.69, 9.17) is 23.2 Å². The highest BCUT2D eigenvalue weighted by atomic mass is 35.5. The van der Waals surface area contributed by atoms with Crippen molar-refractivity contribution in [2.24, 2.45) is 0 Å². The Morgan fingerprint density at radius 2 is 2.05 bits per heavy atom. The third-order valence-electron chi connectivity index (χ3n) is 2.46. The van der Waals surface area contributed by atoms with Crippen molar-refractivity contribution < 1.29 is 9.90 Å². The lowest BCUT2D eigenvalue weighted by molar-refractivity contribution is 0.102. The SMILES string of the molecule is Cc1c(O)cccc1C(=O)Nc1cc(Cl)nc(Cl)n1. The number of aromatic hydroxyl groups is 1. The number of carbonyl (C=O) groups is 1. The summed E-state index contributed by atoms with van der Waals surface area (Å²) in [5.74, 6) is -0.177. The number of phenolic OH excluding ortho intramolecular Hbond substituents is 1. The number of halogens is 2. The number of amides is 1. The normalized spacial score (nSPS) is 10.3. The van der Waals surface area contributed by atoms with Crippen LogP contribution >= 0.6 is 23.2 Å². The van der Waals surface area contributed by atoms with Crippen molar-refractivity contribution >= 4 is 34.9 Å². The third kappa shape index (κ3) is 3.13. The number of aromatic nitrogens is 2. The molecule has 0 fully saturated rings. The number of carbonyl (C=O) groups excluding carboxylic acids is 1. The van der Waals surface area contributed by atoms with E-state index in [9.17, 15) is 9.90 Å². The summed E-state index contributed by atoms with van der Waals surface area (Å²) in [4.78, 5) is 19.5. The summed E-state index contributed by atoms with van der Waals surface area (Å²) < 4.78 is 0. The summed E-state index contributed by atoms with van der Waals surface area (Å²) in [6.45, 7) is 1.64. The molecule has 2 rings (SSSR count). The Morgan fingerprint density at radius 3 is 2.74 bits per heavy atom. The van der Waals surface area contributed by atoms with Gasteiger partial charge in [0.1, 0.15) is 16.7 Å². The van der Waals surface area contributed by atoms with E-state index in [0.29, 0.717) is 11.1 Å². The maximum atomic E-state index is 12.0. The minimum atomic E-state index is -0.417. The van der Waals surface area contributed by atoms with Crippen LogP contribution in [-0.2, 0) is 0 Å². The van der Waals surface area contributed by atoms with Crippen molar-refractivity contribution in [2.45, 2.75) is 6.92 Å². The van der Waals surface area contributed by atoms with Gasteiger partial charge in [0.25, 0.3) is 5.91 Å². The molecular formula is C12H9Cl2N3O2. The van der Waals surface area contributed by atoms with Crippen molar-refractivity contribution in [3.63, 3.8) is 0 Å². The molecule has 0 bridgehead atoms. The topological polar surface area (TPSA) is 75.1 Å². The molecule has 0 atom stereocenters. The highest BCUT2D eigenvalue weighted by Gasteiger charge is 2.13. The zero-order valence-corrected chi connectivity index (χ0v) is 11.3. The van der Waals surface area contributed by atoms with Crippen LogP contribution < -0.4 is 5.32 Å². The van der Waals surface area contributed by atoms with Crippen molar-refractivity contribution in [1.82, 2.24) is 9.97 Å².